The van der Waals surface area contributed by atoms with Crippen LogP contribution in [0.1, 0.15) is 22.5 Å². The predicted octanol–water partition coefficient (Wildman–Crippen LogP) is -0.314. The zero-order valence-corrected chi connectivity index (χ0v) is 12.3. The van der Waals surface area contributed by atoms with Crippen molar-refractivity contribution in [2.45, 2.75) is 6.42 Å². The van der Waals surface area contributed by atoms with Gasteiger partial charge in [-0.05, 0) is 18.6 Å². The van der Waals surface area contributed by atoms with Crippen molar-refractivity contribution in [3.05, 3.63) is 29.6 Å². The number of amides is 1. The summed E-state index contributed by atoms with van der Waals surface area (Å²) in [4.78, 5) is 17.9. The third kappa shape index (κ3) is 4.28. The Kier molecular flexibility index (Phi) is 4.94. The number of sulfone groups is 1. The molecule has 112 valence electrons. The van der Waals surface area contributed by atoms with E-state index in [2.05, 4.69) is 16.8 Å². The summed E-state index contributed by atoms with van der Waals surface area (Å²) in [5.41, 5.74) is 0.878. The maximum Gasteiger partial charge on any atom is 0.272 e. The fourth-order valence-corrected chi connectivity index (χ4v) is 3.31. The molecule has 0 radical (unpaired) electrons. The first kappa shape index (κ1) is 15.5. The molecule has 0 saturated carbocycles. The normalized spacial score (nSPS) is 17.5. The van der Waals surface area contributed by atoms with Gasteiger partial charge in [-0.2, -0.15) is 0 Å². The average Bonchev–Trinajstić information content (AvgIpc) is 2.66. The molecule has 0 bridgehead atoms. The Hall–Kier alpha value is -1.91. The van der Waals surface area contributed by atoms with E-state index in [4.69, 9.17) is 5.11 Å². The topological polar surface area (TPSA) is 87.6 Å². The molecular weight excluding hydrogens is 292 g/mol. The van der Waals surface area contributed by atoms with E-state index in [9.17, 15) is 13.2 Å². The van der Waals surface area contributed by atoms with Crippen molar-refractivity contribution in [3.63, 3.8) is 0 Å². The Morgan fingerprint density at radius 1 is 1.33 bits per heavy atom. The minimum Gasteiger partial charge on any atom is -0.384 e. The molecule has 0 aromatic carbocycles. The van der Waals surface area contributed by atoms with Crippen molar-refractivity contribution >= 4 is 15.7 Å². The number of rotatable bonds is 1. The van der Waals surface area contributed by atoms with E-state index in [0.29, 0.717) is 18.5 Å². The van der Waals surface area contributed by atoms with Gasteiger partial charge in [-0.1, -0.05) is 11.8 Å². The number of aliphatic hydroxyl groups is 1. The second kappa shape index (κ2) is 6.70. The molecule has 2 rings (SSSR count). The van der Waals surface area contributed by atoms with Gasteiger partial charge in [0.15, 0.2) is 9.84 Å². The third-order valence-electron chi connectivity index (χ3n) is 3.14. The maximum atomic E-state index is 12.3. The lowest BCUT2D eigenvalue weighted by molar-refractivity contribution is 0.0762. The van der Waals surface area contributed by atoms with Gasteiger partial charge in [-0.25, -0.2) is 13.4 Å². The first-order chi connectivity index (χ1) is 10.0. The Balaban J connectivity index is 2.09. The zero-order valence-electron chi connectivity index (χ0n) is 11.4. The van der Waals surface area contributed by atoms with Crippen LogP contribution in [0.3, 0.4) is 0 Å². The number of hydrogen-bond acceptors (Lipinski definition) is 5. The highest BCUT2D eigenvalue weighted by molar-refractivity contribution is 7.91. The van der Waals surface area contributed by atoms with E-state index < -0.39 is 9.84 Å². The van der Waals surface area contributed by atoms with Crippen LogP contribution >= 0.6 is 0 Å². The molecule has 1 fully saturated rings. The number of aromatic nitrogens is 1. The number of carbonyl (C=O) groups is 1. The lowest BCUT2D eigenvalue weighted by atomic mass is 10.2. The summed E-state index contributed by atoms with van der Waals surface area (Å²) in [5, 5.41) is 8.61. The van der Waals surface area contributed by atoms with Crippen LogP contribution in [0.15, 0.2) is 18.3 Å². The van der Waals surface area contributed by atoms with Crippen LogP contribution in [-0.2, 0) is 9.84 Å². The van der Waals surface area contributed by atoms with Gasteiger partial charge in [0.25, 0.3) is 5.91 Å². The molecule has 1 aliphatic heterocycles. The summed E-state index contributed by atoms with van der Waals surface area (Å²) in [5.74, 6) is 5.05. The zero-order chi connectivity index (χ0) is 15.3. The van der Waals surface area contributed by atoms with E-state index in [1.165, 1.54) is 11.1 Å². The predicted molar refractivity (Wildman–Crippen MR) is 77.4 cm³/mol. The molecule has 0 aliphatic carbocycles. The lowest BCUT2D eigenvalue weighted by Crippen LogP contribution is -2.34. The van der Waals surface area contributed by atoms with Gasteiger partial charge in [-0.15, -0.1) is 0 Å². The van der Waals surface area contributed by atoms with Crippen molar-refractivity contribution in [2.24, 2.45) is 0 Å². The van der Waals surface area contributed by atoms with Crippen molar-refractivity contribution in [1.82, 2.24) is 9.88 Å². The summed E-state index contributed by atoms with van der Waals surface area (Å²) < 4.78 is 23.1. The second-order valence-corrected chi connectivity index (χ2v) is 6.99. The molecule has 1 aromatic heterocycles. The molecule has 6 nitrogen and oxygen atoms in total. The van der Waals surface area contributed by atoms with Gasteiger partial charge >= 0.3 is 0 Å². The van der Waals surface area contributed by atoms with E-state index in [1.807, 2.05) is 0 Å². The Labute approximate surface area is 123 Å². The second-order valence-electron chi connectivity index (χ2n) is 4.69. The number of hydrogen-bond donors (Lipinski definition) is 1. The molecular formula is C14H16N2O4S. The largest absolute Gasteiger partial charge is 0.384 e. The Morgan fingerprint density at radius 3 is 2.81 bits per heavy atom. The van der Waals surface area contributed by atoms with Gasteiger partial charge in [0, 0.05) is 24.8 Å². The first-order valence-electron chi connectivity index (χ1n) is 6.57. The molecule has 7 heteroatoms. The molecule has 1 aromatic rings. The smallest absolute Gasteiger partial charge is 0.272 e. The van der Waals surface area contributed by atoms with Crippen LogP contribution < -0.4 is 0 Å². The molecule has 1 amide bonds. The monoisotopic (exact) mass is 308 g/mol. The van der Waals surface area contributed by atoms with Crippen LogP contribution in [-0.4, -0.2) is 60.5 Å². The molecule has 1 saturated heterocycles. The average molecular weight is 308 g/mol. The van der Waals surface area contributed by atoms with Gasteiger partial charge < -0.3 is 10.0 Å². The maximum absolute atomic E-state index is 12.3. The summed E-state index contributed by atoms with van der Waals surface area (Å²) in [7, 11) is -3.04. The summed E-state index contributed by atoms with van der Waals surface area (Å²) >= 11 is 0. The molecule has 2 heterocycles. The molecule has 21 heavy (non-hydrogen) atoms. The molecule has 1 aliphatic rings. The standard InChI is InChI=1S/C14H16N2O4S/c17-8-1-3-12-4-5-13(15-11-12)14(18)16-6-2-9-21(19,20)10-7-16/h4-5,11,17H,2,6-10H2. The molecule has 0 atom stereocenters. The quantitative estimate of drug-likeness (QED) is 0.719. The highest BCUT2D eigenvalue weighted by atomic mass is 32.2. The highest BCUT2D eigenvalue weighted by Crippen LogP contribution is 2.09. The highest BCUT2D eigenvalue weighted by Gasteiger charge is 2.23. The fourth-order valence-electron chi connectivity index (χ4n) is 2.04. The Morgan fingerprint density at radius 2 is 2.14 bits per heavy atom. The minimum atomic E-state index is -3.04. The minimum absolute atomic E-state index is 0.00119. The third-order valence-corrected chi connectivity index (χ3v) is 4.85. The van der Waals surface area contributed by atoms with Crippen molar-refractivity contribution in [2.75, 3.05) is 31.2 Å². The molecule has 1 N–H and O–H groups in total. The number of pyridine rings is 1. The van der Waals surface area contributed by atoms with Gasteiger partial charge in [0.1, 0.15) is 12.3 Å². The van der Waals surface area contributed by atoms with Crippen LogP contribution in [0.5, 0.6) is 0 Å². The van der Waals surface area contributed by atoms with Crippen LogP contribution in [0.4, 0.5) is 0 Å². The van der Waals surface area contributed by atoms with E-state index >= 15 is 0 Å². The van der Waals surface area contributed by atoms with Crippen LogP contribution in [0, 0.1) is 11.8 Å². The van der Waals surface area contributed by atoms with Crippen molar-refractivity contribution in [3.8, 4) is 11.8 Å². The summed E-state index contributed by atoms with van der Waals surface area (Å²) in [6.45, 7) is 0.393. The number of carbonyl (C=O) groups excluding carboxylic acids is 1. The van der Waals surface area contributed by atoms with Crippen molar-refractivity contribution < 1.29 is 18.3 Å². The van der Waals surface area contributed by atoms with Crippen molar-refractivity contribution in [1.29, 1.82) is 0 Å². The summed E-state index contributed by atoms with van der Waals surface area (Å²) in [6, 6.07) is 3.21. The fraction of sp³-hybridized carbons (Fsp3) is 0.429. The van der Waals surface area contributed by atoms with E-state index in [1.54, 1.807) is 12.1 Å². The molecule has 0 unspecified atom stereocenters. The van der Waals surface area contributed by atoms with Crippen LogP contribution in [0.25, 0.3) is 0 Å². The van der Waals surface area contributed by atoms with E-state index in [-0.39, 0.29) is 36.3 Å². The van der Waals surface area contributed by atoms with Gasteiger partial charge in [0.05, 0.1) is 11.5 Å². The van der Waals surface area contributed by atoms with Gasteiger partial charge in [-0.3, -0.25) is 4.79 Å². The van der Waals surface area contributed by atoms with Crippen LogP contribution in [0.2, 0.25) is 0 Å². The SMILES string of the molecule is O=C(c1ccc(C#CCO)cn1)N1CCCS(=O)(=O)CC1. The number of nitrogens with zero attached hydrogens (tertiary/aromatic N) is 2. The Bertz CT molecular complexity index is 671. The van der Waals surface area contributed by atoms with E-state index in [0.717, 1.165) is 0 Å². The summed E-state index contributed by atoms with van der Waals surface area (Å²) in [6.07, 6.45) is 1.92. The number of aliphatic hydroxyl groups excluding tert-OH is 1. The molecule has 0 spiro atoms. The van der Waals surface area contributed by atoms with Gasteiger partial charge in [0.2, 0.25) is 0 Å². The first-order valence-corrected chi connectivity index (χ1v) is 8.39. The lowest BCUT2D eigenvalue weighted by Gasteiger charge is -2.19.